The molecule has 6 heteroatoms. The number of amides is 1. The van der Waals surface area contributed by atoms with E-state index in [1.54, 1.807) is 12.1 Å². The molecule has 2 heterocycles. The van der Waals surface area contributed by atoms with E-state index in [0.717, 1.165) is 48.3 Å². The molecule has 1 aliphatic rings. The van der Waals surface area contributed by atoms with Gasteiger partial charge in [-0.05, 0) is 66.4 Å². The van der Waals surface area contributed by atoms with Crippen LogP contribution in [0, 0.1) is 23.1 Å². The molecule has 0 spiro atoms. The van der Waals surface area contributed by atoms with Gasteiger partial charge in [-0.15, -0.1) is 0 Å². The summed E-state index contributed by atoms with van der Waals surface area (Å²) in [5, 5.41) is 12.0. The molecule has 1 aliphatic heterocycles. The number of hydrogen-bond acceptors (Lipinski definition) is 3. The first-order valence-corrected chi connectivity index (χ1v) is 10.1. The summed E-state index contributed by atoms with van der Waals surface area (Å²) in [5.41, 5.74) is 4.18. The van der Waals surface area contributed by atoms with Crippen molar-refractivity contribution in [3.8, 4) is 17.2 Å². The maximum atomic E-state index is 13.2. The van der Waals surface area contributed by atoms with Crippen LogP contribution < -0.4 is 5.32 Å². The lowest BCUT2D eigenvalue weighted by atomic mass is 9.96. The largest absolute Gasteiger partial charge is 0.353 e. The second-order valence-electron chi connectivity index (χ2n) is 7.68. The summed E-state index contributed by atoms with van der Waals surface area (Å²) in [4.78, 5) is 18.1. The minimum Gasteiger partial charge on any atom is -0.353 e. The monoisotopic (exact) mass is 402 g/mol. The van der Waals surface area contributed by atoms with Crippen molar-refractivity contribution in [1.82, 2.24) is 9.88 Å². The maximum absolute atomic E-state index is 13.2. The minimum atomic E-state index is -0.270. The number of hydrogen-bond donors (Lipinski definition) is 2. The third kappa shape index (κ3) is 4.76. The zero-order chi connectivity index (χ0) is 20.9. The van der Waals surface area contributed by atoms with Crippen LogP contribution in [0.5, 0.6) is 0 Å². The van der Waals surface area contributed by atoms with E-state index >= 15 is 0 Å². The molecule has 1 saturated heterocycles. The molecule has 152 valence electrons. The normalized spacial score (nSPS) is 16.7. The number of nitrogens with zero attached hydrogens (tertiary/aromatic N) is 2. The molecule has 0 saturated carbocycles. The Kier molecular flexibility index (Phi) is 5.92. The second kappa shape index (κ2) is 8.93. The molecule has 1 aromatic heterocycles. The first-order valence-electron chi connectivity index (χ1n) is 10.1. The van der Waals surface area contributed by atoms with Gasteiger partial charge >= 0.3 is 0 Å². The van der Waals surface area contributed by atoms with Crippen molar-refractivity contribution < 1.29 is 9.18 Å². The number of nitrogens with one attached hydrogen (secondary N) is 2. The number of carbonyl (C=O) groups excluding carboxylic acids is 1. The van der Waals surface area contributed by atoms with Crippen LogP contribution in [-0.4, -0.2) is 28.9 Å². The third-order valence-electron chi connectivity index (χ3n) is 5.45. The Labute approximate surface area is 175 Å². The molecule has 2 aromatic carbocycles. The lowest BCUT2D eigenvalue weighted by Crippen LogP contribution is -2.40. The highest BCUT2D eigenvalue weighted by Crippen LogP contribution is 2.25. The highest BCUT2D eigenvalue weighted by molar-refractivity contribution is 5.93. The Morgan fingerprint density at radius 1 is 1.20 bits per heavy atom. The Morgan fingerprint density at radius 2 is 2.03 bits per heavy atom. The van der Waals surface area contributed by atoms with Crippen molar-refractivity contribution in [1.29, 1.82) is 5.26 Å². The summed E-state index contributed by atoms with van der Waals surface area (Å²) >= 11 is 0. The summed E-state index contributed by atoms with van der Waals surface area (Å²) in [5.74, 6) is -0.334. The number of piperidine rings is 1. The number of H-pyrrole nitrogens is 1. The number of likely N-dealkylation sites (tertiary alicyclic amines) is 1. The van der Waals surface area contributed by atoms with E-state index in [9.17, 15) is 9.18 Å². The second-order valence-corrected chi connectivity index (χ2v) is 7.68. The van der Waals surface area contributed by atoms with E-state index in [1.807, 2.05) is 36.5 Å². The van der Waals surface area contributed by atoms with E-state index in [2.05, 4.69) is 21.3 Å². The third-order valence-corrected chi connectivity index (χ3v) is 5.45. The minimum absolute atomic E-state index is 0.0164. The molecule has 3 aromatic rings. The van der Waals surface area contributed by atoms with Gasteiger partial charge in [-0.2, -0.15) is 5.26 Å². The SMILES string of the molecule is N#Cc1cc(CN2CCC[C@@H](C(=O)Nc3cccc(-c4ccc(F)cc4)c3)C2)c[nH]1. The van der Waals surface area contributed by atoms with E-state index in [4.69, 9.17) is 5.26 Å². The van der Waals surface area contributed by atoms with Gasteiger partial charge in [-0.1, -0.05) is 24.3 Å². The fourth-order valence-corrected chi connectivity index (χ4v) is 3.93. The molecule has 0 unspecified atom stereocenters. The maximum Gasteiger partial charge on any atom is 0.228 e. The fourth-order valence-electron chi connectivity index (χ4n) is 3.93. The number of rotatable bonds is 5. The van der Waals surface area contributed by atoms with Crippen LogP contribution in [0.2, 0.25) is 0 Å². The molecule has 1 amide bonds. The quantitative estimate of drug-likeness (QED) is 0.658. The summed E-state index contributed by atoms with van der Waals surface area (Å²) in [6.45, 7) is 2.36. The van der Waals surface area contributed by atoms with Gasteiger partial charge < -0.3 is 10.3 Å². The number of carbonyl (C=O) groups is 1. The molecular formula is C24H23FN4O. The van der Waals surface area contributed by atoms with Crippen molar-refractivity contribution in [3.05, 3.63) is 77.9 Å². The van der Waals surface area contributed by atoms with Gasteiger partial charge in [-0.25, -0.2) is 4.39 Å². The summed E-state index contributed by atoms with van der Waals surface area (Å²) in [6.07, 6.45) is 3.67. The van der Waals surface area contributed by atoms with E-state index in [1.165, 1.54) is 12.1 Å². The van der Waals surface area contributed by atoms with Gasteiger partial charge in [-0.3, -0.25) is 9.69 Å². The molecule has 0 radical (unpaired) electrons. The van der Waals surface area contributed by atoms with Crippen molar-refractivity contribution in [2.75, 3.05) is 18.4 Å². The predicted molar refractivity (Wildman–Crippen MR) is 114 cm³/mol. The van der Waals surface area contributed by atoms with Gasteiger partial charge in [0.25, 0.3) is 0 Å². The summed E-state index contributed by atoms with van der Waals surface area (Å²) in [7, 11) is 0. The molecule has 1 fully saturated rings. The van der Waals surface area contributed by atoms with Crippen LogP contribution in [0.25, 0.3) is 11.1 Å². The predicted octanol–water partition coefficient (Wildman–Crippen LogP) is 4.54. The topological polar surface area (TPSA) is 71.9 Å². The van der Waals surface area contributed by atoms with Crippen LogP contribution in [0.15, 0.2) is 60.8 Å². The van der Waals surface area contributed by atoms with Crippen LogP contribution in [-0.2, 0) is 11.3 Å². The number of aromatic nitrogens is 1. The Balaban J connectivity index is 1.39. The van der Waals surface area contributed by atoms with E-state index in [-0.39, 0.29) is 17.6 Å². The molecular weight excluding hydrogens is 379 g/mol. The number of benzene rings is 2. The van der Waals surface area contributed by atoms with Crippen molar-refractivity contribution >= 4 is 11.6 Å². The number of halogens is 1. The summed E-state index contributed by atoms with van der Waals surface area (Å²) < 4.78 is 13.2. The zero-order valence-corrected chi connectivity index (χ0v) is 16.6. The number of anilines is 1. The van der Waals surface area contributed by atoms with Gasteiger partial charge in [0.15, 0.2) is 0 Å². The fraction of sp³-hybridized carbons (Fsp3) is 0.250. The first-order chi connectivity index (χ1) is 14.6. The van der Waals surface area contributed by atoms with Crippen LogP contribution >= 0.6 is 0 Å². The van der Waals surface area contributed by atoms with Gasteiger partial charge in [0.1, 0.15) is 17.6 Å². The van der Waals surface area contributed by atoms with Crippen LogP contribution in [0.4, 0.5) is 10.1 Å². The molecule has 0 bridgehead atoms. The molecule has 2 N–H and O–H groups in total. The smallest absolute Gasteiger partial charge is 0.228 e. The molecule has 4 rings (SSSR count). The highest BCUT2D eigenvalue weighted by atomic mass is 19.1. The molecule has 30 heavy (non-hydrogen) atoms. The summed E-state index contributed by atoms with van der Waals surface area (Å²) in [6, 6.07) is 17.9. The highest BCUT2D eigenvalue weighted by Gasteiger charge is 2.26. The Morgan fingerprint density at radius 3 is 2.80 bits per heavy atom. The average Bonchev–Trinajstić information content (AvgIpc) is 3.22. The van der Waals surface area contributed by atoms with Gasteiger partial charge in [0.05, 0.1) is 5.92 Å². The van der Waals surface area contributed by atoms with Crippen molar-refractivity contribution in [2.24, 2.45) is 5.92 Å². The lowest BCUT2D eigenvalue weighted by molar-refractivity contribution is -0.121. The molecule has 1 atom stereocenters. The zero-order valence-electron chi connectivity index (χ0n) is 16.6. The first kappa shape index (κ1) is 19.9. The Hall–Kier alpha value is -3.43. The van der Waals surface area contributed by atoms with Crippen molar-refractivity contribution in [2.45, 2.75) is 19.4 Å². The lowest BCUT2D eigenvalue weighted by Gasteiger charge is -2.31. The molecule has 5 nitrogen and oxygen atoms in total. The van der Waals surface area contributed by atoms with Crippen LogP contribution in [0.3, 0.4) is 0 Å². The molecule has 0 aliphatic carbocycles. The van der Waals surface area contributed by atoms with Crippen molar-refractivity contribution in [3.63, 3.8) is 0 Å². The number of aromatic amines is 1. The number of nitriles is 1. The van der Waals surface area contributed by atoms with Gasteiger partial charge in [0.2, 0.25) is 5.91 Å². The standard InChI is InChI=1S/C24H23FN4O/c25-21-8-6-18(7-9-21)19-3-1-5-22(12-19)28-24(30)20-4-2-10-29(16-20)15-17-11-23(13-26)27-14-17/h1,3,5-9,11-12,14,20,27H,2,4,10,15-16H2,(H,28,30)/t20-/m1/s1. The van der Waals surface area contributed by atoms with Gasteiger partial charge in [0, 0.05) is 25.0 Å². The van der Waals surface area contributed by atoms with E-state index in [0.29, 0.717) is 12.2 Å². The average molecular weight is 402 g/mol. The Bertz CT molecular complexity index is 1070. The van der Waals surface area contributed by atoms with Crippen LogP contribution in [0.1, 0.15) is 24.1 Å². The van der Waals surface area contributed by atoms with E-state index < -0.39 is 0 Å².